The third-order valence-electron chi connectivity index (χ3n) is 3.25. The lowest BCUT2D eigenvalue weighted by atomic mass is 10.2. The normalized spacial score (nSPS) is 11.5. The van der Waals surface area contributed by atoms with Gasteiger partial charge in [0.15, 0.2) is 0 Å². The molecule has 21 heavy (non-hydrogen) atoms. The van der Waals surface area contributed by atoms with Gasteiger partial charge in [-0.25, -0.2) is 0 Å². The van der Waals surface area contributed by atoms with Crippen molar-refractivity contribution in [2.45, 2.75) is 39.5 Å². The Morgan fingerprint density at radius 3 is 2.71 bits per heavy atom. The Morgan fingerprint density at radius 2 is 2.00 bits per heavy atom. The summed E-state index contributed by atoms with van der Waals surface area (Å²) >= 11 is 3.59. The molecule has 0 radical (unpaired) electrons. The highest BCUT2D eigenvalue weighted by Crippen LogP contribution is 2.18. The summed E-state index contributed by atoms with van der Waals surface area (Å²) in [5.41, 5.74) is 2.49. The second kappa shape index (κ2) is 7.78. The Bertz CT molecular complexity index is 565. The van der Waals surface area contributed by atoms with Crippen molar-refractivity contribution in [1.82, 2.24) is 10.2 Å². The highest BCUT2D eigenvalue weighted by atomic mass is 79.9. The summed E-state index contributed by atoms with van der Waals surface area (Å²) in [5.74, 6) is 1.00. The molecule has 3 nitrogen and oxygen atoms in total. The molecule has 1 heterocycles. The summed E-state index contributed by atoms with van der Waals surface area (Å²) in [6.45, 7) is 6.85. The first-order chi connectivity index (χ1) is 10.0. The molecule has 0 amide bonds. The van der Waals surface area contributed by atoms with Gasteiger partial charge in [-0.3, -0.25) is 4.90 Å². The summed E-state index contributed by atoms with van der Waals surface area (Å²) in [6, 6.07) is 10.9. The van der Waals surface area contributed by atoms with Crippen molar-refractivity contribution >= 4 is 15.9 Å². The van der Waals surface area contributed by atoms with Crippen LogP contribution in [0.1, 0.15) is 30.7 Å². The fraction of sp³-hybridized carbons (Fsp3) is 0.412. The fourth-order valence-corrected chi connectivity index (χ4v) is 2.57. The zero-order valence-electron chi connectivity index (χ0n) is 12.9. The fourth-order valence-electron chi connectivity index (χ4n) is 2.16. The summed E-state index contributed by atoms with van der Waals surface area (Å²) < 4.78 is 6.79. The highest BCUT2D eigenvalue weighted by Gasteiger charge is 2.08. The number of nitrogens with zero attached hydrogens (tertiary/aromatic N) is 1. The highest BCUT2D eigenvalue weighted by molar-refractivity contribution is 9.10. The number of hydrogen-bond donors (Lipinski definition) is 1. The molecular weight excluding hydrogens is 328 g/mol. The second-order valence-corrected chi connectivity index (χ2v) is 6.57. The predicted molar refractivity (Wildman–Crippen MR) is 90.0 cm³/mol. The Morgan fingerprint density at radius 1 is 1.24 bits per heavy atom. The Kier molecular flexibility index (Phi) is 6.03. The molecule has 0 aliphatic carbocycles. The van der Waals surface area contributed by atoms with Gasteiger partial charge >= 0.3 is 0 Å². The molecule has 0 fully saturated rings. The molecule has 4 heteroatoms. The molecule has 0 saturated heterocycles. The smallest absolute Gasteiger partial charge is 0.118 e. The summed E-state index contributed by atoms with van der Waals surface area (Å²) in [5, 5.41) is 3.40. The van der Waals surface area contributed by atoms with E-state index in [0.717, 1.165) is 29.9 Å². The lowest BCUT2D eigenvalue weighted by molar-refractivity contribution is 0.287. The Labute approximate surface area is 135 Å². The van der Waals surface area contributed by atoms with E-state index in [4.69, 9.17) is 4.42 Å². The number of nitrogens with one attached hydrogen (secondary N) is 1. The lowest BCUT2D eigenvalue weighted by Gasteiger charge is -2.16. The minimum atomic E-state index is 0.487. The van der Waals surface area contributed by atoms with Gasteiger partial charge in [0, 0.05) is 29.2 Å². The first-order valence-electron chi connectivity index (χ1n) is 7.26. The number of rotatable bonds is 7. The van der Waals surface area contributed by atoms with Crippen LogP contribution in [0, 0.1) is 0 Å². The van der Waals surface area contributed by atoms with E-state index in [-0.39, 0.29) is 0 Å². The Hall–Kier alpha value is -1.10. The molecule has 0 unspecified atom stereocenters. The third-order valence-corrected chi connectivity index (χ3v) is 4.02. The van der Waals surface area contributed by atoms with Gasteiger partial charge in [-0.2, -0.15) is 0 Å². The van der Waals surface area contributed by atoms with Crippen LogP contribution < -0.4 is 5.32 Å². The van der Waals surface area contributed by atoms with Crippen LogP contribution in [0.25, 0.3) is 0 Å². The molecule has 0 aliphatic heterocycles. The van der Waals surface area contributed by atoms with Gasteiger partial charge in [0.25, 0.3) is 0 Å². The van der Waals surface area contributed by atoms with Crippen molar-refractivity contribution in [2.24, 2.45) is 0 Å². The zero-order valence-corrected chi connectivity index (χ0v) is 14.5. The SMILES string of the molecule is CC(C)NCc1coc(CN(C)Cc2ccccc2Br)c1. The Balaban J connectivity index is 1.88. The maximum Gasteiger partial charge on any atom is 0.118 e. The number of halogens is 1. The average Bonchev–Trinajstić information content (AvgIpc) is 2.86. The van der Waals surface area contributed by atoms with Crippen molar-refractivity contribution in [3.05, 3.63) is 58.0 Å². The maximum atomic E-state index is 5.64. The van der Waals surface area contributed by atoms with Gasteiger partial charge in [-0.15, -0.1) is 0 Å². The van der Waals surface area contributed by atoms with Crippen LogP contribution in [0.3, 0.4) is 0 Å². The topological polar surface area (TPSA) is 28.4 Å². The average molecular weight is 351 g/mol. The van der Waals surface area contributed by atoms with Gasteiger partial charge in [0.2, 0.25) is 0 Å². The lowest BCUT2D eigenvalue weighted by Crippen LogP contribution is -2.21. The van der Waals surface area contributed by atoms with Crippen molar-refractivity contribution < 1.29 is 4.42 Å². The molecule has 0 bridgehead atoms. The third kappa shape index (κ3) is 5.30. The molecule has 0 atom stereocenters. The van der Waals surface area contributed by atoms with Crippen LogP contribution >= 0.6 is 15.9 Å². The van der Waals surface area contributed by atoms with E-state index in [2.05, 4.69) is 71.3 Å². The minimum Gasteiger partial charge on any atom is -0.468 e. The molecule has 1 N–H and O–H groups in total. The van der Waals surface area contributed by atoms with Crippen molar-refractivity contribution in [2.75, 3.05) is 7.05 Å². The van der Waals surface area contributed by atoms with Crippen molar-refractivity contribution in [3.8, 4) is 0 Å². The van der Waals surface area contributed by atoms with Crippen LogP contribution in [-0.2, 0) is 19.6 Å². The van der Waals surface area contributed by atoms with E-state index in [1.165, 1.54) is 11.1 Å². The monoisotopic (exact) mass is 350 g/mol. The second-order valence-electron chi connectivity index (χ2n) is 5.72. The van der Waals surface area contributed by atoms with Gasteiger partial charge in [0.1, 0.15) is 5.76 Å². The molecule has 1 aromatic carbocycles. The molecule has 0 spiro atoms. The van der Waals surface area contributed by atoms with Gasteiger partial charge in [-0.1, -0.05) is 48.0 Å². The van der Waals surface area contributed by atoms with Crippen LogP contribution in [0.5, 0.6) is 0 Å². The van der Waals surface area contributed by atoms with E-state index in [1.807, 2.05) is 12.3 Å². The van der Waals surface area contributed by atoms with Crippen molar-refractivity contribution in [3.63, 3.8) is 0 Å². The molecule has 1 aromatic heterocycles. The molecular formula is C17H23BrN2O. The summed E-state index contributed by atoms with van der Waals surface area (Å²) in [7, 11) is 2.11. The quantitative estimate of drug-likeness (QED) is 0.812. The zero-order chi connectivity index (χ0) is 15.2. The van der Waals surface area contributed by atoms with E-state index in [9.17, 15) is 0 Å². The van der Waals surface area contributed by atoms with E-state index >= 15 is 0 Å². The van der Waals surface area contributed by atoms with Crippen LogP contribution in [0.15, 0.2) is 45.5 Å². The first-order valence-corrected chi connectivity index (χ1v) is 8.05. The molecule has 2 rings (SSSR count). The van der Waals surface area contributed by atoms with Gasteiger partial charge < -0.3 is 9.73 Å². The molecule has 114 valence electrons. The van der Waals surface area contributed by atoms with Crippen LogP contribution in [0.2, 0.25) is 0 Å². The van der Waals surface area contributed by atoms with Crippen LogP contribution in [-0.4, -0.2) is 18.0 Å². The minimum absolute atomic E-state index is 0.487. The largest absolute Gasteiger partial charge is 0.468 e. The number of furan rings is 1. The van der Waals surface area contributed by atoms with Crippen molar-refractivity contribution in [1.29, 1.82) is 0 Å². The molecule has 0 saturated carbocycles. The van der Waals surface area contributed by atoms with Gasteiger partial charge in [0.05, 0.1) is 12.8 Å². The van der Waals surface area contributed by atoms with Crippen LogP contribution in [0.4, 0.5) is 0 Å². The summed E-state index contributed by atoms with van der Waals surface area (Å²) in [4.78, 5) is 2.25. The molecule has 2 aromatic rings. The van der Waals surface area contributed by atoms with E-state index in [0.29, 0.717) is 6.04 Å². The summed E-state index contributed by atoms with van der Waals surface area (Å²) in [6.07, 6.45) is 1.84. The predicted octanol–water partition coefficient (Wildman–Crippen LogP) is 4.17. The standard InChI is InChI=1S/C17H23BrN2O/c1-13(2)19-9-14-8-16(21-12-14)11-20(3)10-15-6-4-5-7-17(15)18/h4-8,12-13,19H,9-11H2,1-3H3. The number of hydrogen-bond acceptors (Lipinski definition) is 3. The van der Waals surface area contributed by atoms with Gasteiger partial charge in [-0.05, 0) is 24.7 Å². The van der Waals surface area contributed by atoms with E-state index < -0.39 is 0 Å². The number of benzene rings is 1. The maximum absolute atomic E-state index is 5.64. The molecule has 0 aliphatic rings. The van der Waals surface area contributed by atoms with E-state index in [1.54, 1.807) is 0 Å². The first kappa shape index (κ1) is 16.3.